The Kier molecular flexibility index (Phi) is 4.31. The van der Waals surface area contributed by atoms with Crippen LogP contribution in [0, 0.1) is 5.82 Å². The second kappa shape index (κ2) is 5.97. The highest BCUT2D eigenvalue weighted by Crippen LogP contribution is 2.22. The van der Waals surface area contributed by atoms with Crippen molar-refractivity contribution >= 4 is 11.8 Å². The van der Waals surface area contributed by atoms with Crippen LogP contribution in [0.3, 0.4) is 0 Å². The molecule has 19 heavy (non-hydrogen) atoms. The average Bonchev–Trinajstić information content (AvgIpc) is 2.89. The van der Waals surface area contributed by atoms with Crippen molar-refractivity contribution in [2.24, 2.45) is 0 Å². The Morgan fingerprint density at radius 2 is 2.47 bits per heavy atom. The first-order valence-corrected chi connectivity index (χ1v) is 6.37. The van der Waals surface area contributed by atoms with Crippen LogP contribution in [0.2, 0.25) is 0 Å². The normalized spacial score (nSPS) is 18.5. The van der Waals surface area contributed by atoms with Gasteiger partial charge in [0.05, 0.1) is 6.10 Å². The highest BCUT2D eigenvalue weighted by Gasteiger charge is 2.23. The van der Waals surface area contributed by atoms with E-state index in [1.165, 1.54) is 12.3 Å². The molecule has 6 heteroatoms. The molecule has 0 amide bonds. The highest BCUT2D eigenvalue weighted by atomic mass is 19.1. The minimum absolute atomic E-state index is 0.0645. The number of carboxylic acid groups (broad SMARTS) is 1. The summed E-state index contributed by atoms with van der Waals surface area (Å²) >= 11 is 0. The van der Waals surface area contributed by atoms with Gasteiger partial charge in [-0.05, 0) is 25.8 Å². The van der Waals surface area contributed by atoms with Gasteiger partial charge < -0.3 is 14.7 Å². The van der Waals surface area contributed by atoms with E-state index >= 15 is 0 Å². The summed E-state index contributed by atoms with van der Waals surface area (Å²) in [4.78, 5) is 16.6. The van der Waals surface area contributed by atoms with Crippen LogP contribution in [0.15, 0.2) is 12.3 Å². The van der Waals surface area contributed by atoms with Crippen molar-refractivity contribution < 1.29 is 19.0 Å². The van der Waals surface area contributed by atoms with Crippen LogP contribution >= 0.6 is 0 Å². The number of pyridine rings is 1. The Hall–Kier alpha value is -1.69. The van der Waals surface area contributed by atoms with E-state index in [-0.39, 0.29) is 17.5 Å². The maximum absolute atomic E-state index is 14.1. The number of nitrogens with zero attached hydrogens (tertiary/aromatic N) is 2. The first-order valence-electron chi connectivity index (χ1n) is 6.37. The molecule has 1 aliphatic heterocycles. The Labute approximate surface area is 111 Å². The molecule has 1 unspecified atom stereocenters. The second-order valence-electron chi connectivity index (χ2n) is 4.47. The topological polar surface area (TPSA) is 62.7 Å². The predicted molar refractivity (Wildman–Crippen MR) is 68.0 cm³/mol. The van der Waals surface area contributed by atoms with Crippen molar-refractivity contribution in [1.29, 1.82) is 0 Å². The van der Waals surface area contributed by atoms with Crippen LogP contribution in [0.4, 0.5) is 10.2 Å². The van der Waals surface area contributed by atoms with Crippen LogP contribution < -0.4 is 4.90 Å². The third-order valence-corrected chi connectivity index (χ3v) is 3.23. The number of hydrogen-bond acceptors (Lipinski definition) is 4. The molecule has 0 spiro atoms. The third kappa shape index (κ3) is 3.01. The lowest BCUT2D eigenvalue weighted by Gasteiger charge is -2.25. The molecular formula is C13H17FN2O3. The molecule has 0 aromatic carbocycles. The van der Waals surface area contributed by atoms with Crippen molar-refractivity contribution in [3.8, 4) is 0 Å². The Morgan fingerprint density at radius 1 is 1.68 bits per heavy atom. The SMILES string of the molecule is CCN(CC1CCCO1)c1nccc(C(=O)O)c1F. The molecule has 1 N–H and O–H groups in total. The summed E-state index contributed by atoms with van der Waals surface area (Å²) in [5.74, 6) is -1.98. The quantitative estimate of drug-likeness (QED) is 0.884. The van der Waals surface area contributed by atoms with Crippen molar-refractivity contribution in [2.45, 2.75) is 25.9 Å². The Morgan fingerprint density at radius 3 is 3.05 bits per heavy atom. The number of aromatic carboxylic acids is 1. The van der Waals surface area contributed by atoms with Gasteiger partial charge in [-0.2, -0.15) is 0 Å². The molecule has 1 aromatic heterocycles. The fraction of sp³-hybridized carbons (Fsp3) is 0.538. The summed E-state index contributed by atoms with van der Waals surface area (Å²) in [5.41, 5.74) is -0.351. The lowest BCUT2D eigenvalue weighted by Crippen LogP contribution is -2.33. The van der Waals surface area contributed by atoms with Crippen LogP contribution in [0.25, 0.3) is 0 Å². The number of likely N-dealkylation sites (N-methyl/N-ethyl adjacent to an activating group) is 1. The Bertz CT molecular complexity index is 461. The molecule has 1 aliphatic rings. The van der Waals surface area contributed by atoms with Gasteiger partial charge >= 0.3 is 5.97 Å². The molecule has 0 saturated carbocycles. The van der Waals surface area contributed by atoms with Crippen molar-refractivity contribution in [3.05, 3.63) is 23.6 Å². The van der Waals surface area contributed by atoms with E-state index in [4.69, 9.17) is 9.84 Å². The molecule has 1 atom stereocenters. The molecule has 2 heterocycles. The zero-order valence-corrected chi connectivity index (χ0v) is 10.8. The fourth-order valence-corrected chi connectivity index (χ4v) is 2.22. The van der Waals surface area contributed by atoms with Crippen molar-refractivity contribution in [2.75, 3.05) is 24.6 Å². The molecule has 104 valence electrons. The van der Waals surface area contributed by atoms with E-state index in [0.29, 0.717) is 13.1 Å². The van der Waals surface area contributed by atoms with Gasteiger partial charge in [0.15, 0.2) is 11.6 Å². The van der Waals surface area contributed by atoms with Crippen LogP contribution in [-0.2, 0) is 4.74 Å². The fourth-order valence-electron chi connectivity index (χ4n) is 2.22. The second-order valence-corrected chi connectivity index (χ2v) is 4.47. The van der Waals surface area contributed by atoms with Crippen LogP contribution in [0.5, 0.6) is 0 Å². The molecule has 1 aromatic rings. The van der Waals surface area contributed by atoms with Gasteiger partial charge in [-0.1, -0.05) is 0 Å². The molecular weight excluding hydrogens is 251 g/mol. The number of halogens is 1. The van der Waals surface area contributed by atoms with E-state index in [0.717, 1.165) is 19.4 Å². The molecule has 5 nitrogen and oxygen atoms in total. The van der Waals surface area contributed by atoms with Gasteiger partial charge in [-0.15, -0.1) is 0 Å². The molecule has 1 saturated heterocycles. The molecule has 2 rings (SSSR count). The molecule has 0 radical (unpaired) electrons. The monoisotopic (exact) mass is 268 g/mol. The number of carbonyl (C=O) groups is 1. The summed E-state index contributed by atoms with van der Waals surface area (Å²) in [5, 5.41) is 8.92. The van der Waals surface area contributed by atoms with E-state index in [1.807, 2.05) is 6.92 Å². The number of carboxylic acids is 1. The molecule has 1 fully saturated rings. The molecule has 0 bridgehead atoms. The average molecular weight is 268 g/mol. The maximum atomic E-state index is 14.1. The van der Waals surface area contributed by atoms with Gasteiger partial charge in [0.25, 0.3) is 0 Å². The van der Waals surface area contributed by atoms with Gasteiger partial charge in [0, 0.05) is 25.9 Å². The van der Waals surface area contributed by atoms with Crippen molar-refractivity contribution in [3.63, 3.8) is 0 Å². The van der Waals surface area contributed by atoms with Gasteiger partial charge in [0.1, 0.15) is 5.56 Å². The lowest BCUT2D eigenvalue weighted by molar-refractivity contribution is 0.0691. The molecule has 0 aliphatic carbocycles. The van der Waals surface area contributed by atoms with Gasteiger partial charge in [-0.25, -0.2) is 14.2 Å². The summed E-state index contributed by atoms with van der Waals surface area (Å²) in [6.07, 6.45) is 3.33. The highest BCUT2D eigenvalue weighted by molar-refractivity contribution is 5.88. The van der Waals surface area contributed by atoms with Gasteiger partial charge in [-0.3, -0.25) is 0 Å². The first-order chi connectivity index (χ1) is 9.13. The zero-order chi connectivity index (χ0) is 13.8. The van der Waals surface area contributed by atoms with Gasteiger partial charge in [0.2, 0.25) is 0 Å². The largest absolute Gasteiger partial charge is 0.478 e. The summed E-state index contributed by atoms with van der Waals surface area (Å²) < 4.78 is 19.6. The standard InChI is InChI=1S/C13H17FN2O3/c1-2-16(8-9-4-3-7-19-9)12-11(14)10(13(17)18)5-6-15-12/h5-6,9H,2-4,7-8H2,1H3,(H,17,18). The first kappa shape index (κ1) is 13.7. The van der Waals surface area contributed by atoms with E-state index < -0.39 is 11.8 Å². The number of aromatic nitrogens is 1. The predicted octanol–water partition coefficient (Wildman–Crippen LogP) is 1.92. The third-order valence-electron chi connectivity index (χ3n) is 3.23. The zero-order valence-electron chi connectivity index (χ0n) is 10.8. The number of anilines is 1. The van der Waals surface area contributed by atoms with E-state index in [1.54, 1.807) is 4.90 Å². The maximum Gasteiger partial charge on any atom is 0.338 e. The number of ether oxygens (including phenoxy) is 1. The number of rotatable bonds is 5. The Balaban J connectivity index is 2.22. The van der Waals surface area contributed by atoms with E-state index in [9.17, 15) is 9.18 Å². The summed E-state index contributed by atoms with van der Waals surface area (Å²) in [6.45, 7) is 3.69. The summed E-state index contributed by atoms with van der Waals surface area (Å²) in [7, 11) is 0. The summed E-state index contributed by atoms with van der Waals surface area (Å²) in [6, 6.07) is 1.17. The number of hydrogen-bond donors (Lipinski definition) is 1. The van der Waals surface area contributed by atoms with E-state index in [2.05, 4.69) is 4.98 Å². The minimum Gasteiger partial charge on any atom is -0.478 e. The smallest absolute Gasteiger partial charge is 0.338 e. The van der Waals surface area contributed by atoms with Crippen molar-refractivity contribution in [1.82, 2.24) is 4.98 Å². The van der Waals surface area contributed by atoms with Crippen LogP contribution in [0.1, 0.15) is 30.1 Å². The lowest BCUT2D eigenvalue weighted by atomic mass is 10.2. The van der Waals surface area contributed by atoms with Crippen LogP contribution in [-0.4, -0.2) is 41.9 Å². The minimum atomic E-state index is -1.28.